The lowest BCUT2D eigenvalue weighted by molar-refractivity contribution is -0.145. The highest BCUT2D eigenvalue weighted by atomic mass is 19.1. The molecule has 0 aliphatic carbocycles. The van der Waals surface area contributed by atoms with Gasteiger partial charge >= 0.3 is 5.97 Å². The van der Waals surface area contributed by atoms with Gasteiger partial charge in [0.25, 0.3) is 5.91 Å². The molecule has 0 radical (unpaired) electrons. The normalized spacial score (nSPS) is 20.4. The first-order valence-corrected chi connectivity index (χ1v) is 9.27. The predicted octanol–water partition coefficient (Wildman–Crippen LogP) is 2.92. The minimum absolute atomic E-state index is 0.0232. The Bertz CT molecular complexity index is 923. The molecule has 2 atom stereocenters. The number of nitrogens with zero attached hydrogens (tertiary/aromatic N) is 2. The number of aromatic nitrogens is 1. The standard InChI is InChI=1S/C20H23F2N3O4/c1-20(2,3)25-7-6-15(13(10-25)19(27)28)23-18(26)16-9-17(29-24-16)12-5-4-11(21)8-14(12)22/h4-5,8-9,13,15H,6-7,10H2,1-3H3,(H,23,26)(H,27,28)/t13-,15-/m0/s1. The van der Waals surface area contributed by atoms with Crippen LogP contribution in [0.2, 0.25) is 0 Å². The number of rotatable bonds is 4. The lowest BCUT2D eigenvalue weighted by Crippen LogP contribution is -2.57. The van der Waals surface area contributed by atoms with Crippen molar-refractivity contribution in [2.24, 2.45) is 5.92 Å². The lowest BCUT2D eigenvalue weighted by atomic mass is 9.89. The summed E-state index contributed by atoms with van der Waals surface area (Å²) in [4.78, 5) is 26.3. The second kappa shape index (κ2) is 7.90. The highest BCUT2D eigenvalue weighted by Crippen LogP contribution is 2.26. The molecule has 0 saturated carbocycles. The Balaban J connectivity index is 1.73. The molecule has 1 aromatic heterocycles. The molecule has 2 N–H and O–H groups in total. The Morgan fingerprint density at radius 2 is 2.00 bits per heavy atom. The third-order valence-electron chi connectivity index (χ3n) is 5.13. The number of aliphatic carboxylic acids is 1. The highest BCUT2D eigenvalue weighted by Gasteiger charge is 2.38. The van der Waals surface area contributed by atoms with Gasteiger partial charge in [0.2, 0.25) is 0 Å². The number of carbonyl (C=O) groups is 2. The zero-order chi connectivity index (χ0) is 21.3. The summed E-state index contributed by atoms with van der Waals surface area (Å²) in [6.45, 7) is 6.99. The molecule has 1 fully saturated rings. The van der Waals surface area contributed by atoms with Crippen molar-refractivity contribution in [2.45, 2.75) is 38.8 Å². The molecular formula is C20H23F2N3O4. The van der Waals surface area contributed by atoms with E-state index in [-0.39, 0.29) is 22.6 Å². The van der Waals surface area contributed by atoms with Gasteiger partial charge in [-0.1, -0.05) is 5.16 Å². The zero-order valence-corrected chi connectivity index (χ0v) is 16.4. The number of carboxylic acid groups (broad SMARTS) is 1. The molecule has 1 saturated heterocycles. The van der Waals surface area contributed by atoms with Crippen LogP contribution in [0.1, 0.15) is 37.7 Å². The van der Waals surface area contributed by atoms with Crippen LogP contribution in [0.25, 0.3) is 11.3 Å². The van der Waals surface area contributed by atoms with E-state index in [1.54, 1.807) is 0 Å². The van der Waals surface area contributed by atoms with E-state index in [0.717, 1.165) is 6.07 Å². The summed E-state index contributed by atoms with van der Waals surface area (Å²) < 4.78 is 32.0. The molecule has 0 unspecified atom stereocenters. The largest absolute Gasteiger partial charge is 0.481 e. The molecule has 7 nitrogen and oxygen atoms in total. The smallest absolute Gasteiger partial charge is 0.309 e. The molecule has 29 heavy (non-hydrogen) atoms. The van der Waals surface area contributed by atoms with Crippen molar-refractivity contribution in [1.82, 2.24) is 15.4 Å². The Kier molecular flexibility index (Phi) is 5.70. The van der Waals surface area contributed by atoms with E-state index in [0.29, 0.717) is 25.6 Å². The lowest BCUT2D eigenvalue weighted by Gasteiger charge is -2.43. The van der Waals surface area contributed by atoms with Crippen LogP contribution in [-0.2, 0) is 4.79 Å². The van der Waals surface area contributed by atoms with Crippen LogP contribution in [0.15, 0.2) is 28.8 Å². The van der Waals surface area contributed by atoms with E-state index < -0.39 is 35.5 Å². The number of hydrogen-bond acceptors (Lipinski definition) is 5. The number of carboxylic acids is 1. The van der Waals surface area contributed by atoms with Crippen molar-refractivity contribution < 1.29 is 28.0 Å². The molecule has 1 aromatic carbocycles. The van der Waals surface area contributed by atoms with E-state index in [1.807, 2.05) is 20.8 Å². The zero-order valence-electron chi connectivity index (χ0n) is 16.4. The van der Waals surface area contributed by atoms with Gasteiger partial charge < -0.3 is 14.9 Å². The fourth-order valence-corrected chi connectivity index (χ4v) is 3.43. The fraction of sp³-hybridized carbons (Fsp3) is 0.450. The summed E-state index contributed by atoms with van der Waals surface area (Å²) in [6.07, 6.45) is 0.470. The van der Waals surface area contributed by atoms with Crippen molar-refractivity contribution >= 4 is 11.9 Å². The maximum Gasteiger partial charge on any atom is 0.309 e. The van der Waals surface area contributed by atoms with Crippen molar-refractivity contribution in [3.8, 4) is 11.3 Å². The van der Waals surface area contributed by atoms with Gasteiger partial charge in [0.05, 0.1) is 11.5 Å². The Morgan fingerprint density at radius 3 is 2.62 bits per heavy atom. The summed E-state index contributed by atoms with van der Waals surface area (Å²) in [5.74, 6) is -3.96. The van der Waals surface area contributed by atoms with Gasteiger partial charge in [0, 0.05) is 36.8 Å². The minimum atomic E-state index is -0.988. The van der Waals surface area contributed by atoms with Crippen LogP contribution in [0.4, 0.5) is 8.78 Å². The minimum Gasteiger partial charge on any atom is -0.481 e. The molecule has 0 spiro atoms. The van der Waals surface area contributed by atoms with Gasteiger partial charge in [0.15, 0.2) is 11.5 Å². The van der Waals surface area contributed by atoms with E-state index >= 15 is 0 Å². The highest BCUT2D eigenvalue weighted by molar-refractivity contribution is 5.93. The fourth-order valence-electron chi connectivity index (χ4n) is 3.43. The molecule has 1 amide bonds. The molecular weight excluding hydrogens is 384 g/mol. The Morgan fingerprint density at radius 1 is 1.28 bits per heavy atom. The molecule has 0 bridgehead atoms. The van der Waals surface area contributed by atoms with Crippen LogP contribution in [-0.4, -0.2) is 51.7 Å². The molecule has 1 aliphatic rings. The van der Waals surface area contributed by atoms with Gasteiger partial charge in [-0.2, -0.15) is 0 Å². The van der Waals surface area contributed by atoms with E-state index in [9.17, 15) is 23.5 Å². The summed E-state index contributed by atoms with van der Waals surface area (Å²) in [6, 6.07) is 3.64. The van der Waals surface area contributed by atoms with Gasteiger partial charge in [-0.25, -0.2) is 8.78 Å². The number of halogens is 2. The second-order valence-corrected chi connectivity index (χ2v) is 8.13. The van der Waals surface area contributed by atoms with Crippen molar-refractivity contribution in [2.75, 3.05) is 13.1 Å². The van der Waals surface area contributed by atoms with Crippen LogP contribution < -0.4 is 5.32 Å². The third kappa shape index (κ3) is 4.61. The predicted molar refractivity (Wildman–Crippen MR) is 100 cm³/mol. The SMILES string of the molecule is CC(C)(C)N1CC[C@H](NC(=O)c2cc(-c3ccc(F)cc3F)on2)[C@@H](C(=O)O)C1. The molecule has 3 rings (SSSR count). The monoisotopic (exact) mass is 407 g/mol. The first-order valence-electron chi connectivity index (χ1n) is 9.27. The van der Waals surface area contributed by atoms with Crippen LogP contribution in [0.3, 0.4) is 0 Å². The van der Waals surface area contributed by atoms with Gasteiger partial charge in [-0.05, 0) is 39.3 Å². The van der Waals surface area contributed by atoms with Crippen LogP contribution >= 0.6 is 0 Å². The van der Waals surface area contributed by atoms with Gasteiger partial charge in [0.1, 0.15) is 11.6 Å². The quantitative estimate of drug-likeness (QED) is 0.809. The van der Waals surface area contributed by atoms with E-state index in [2.05, 4.69) is 15.4 Å². The summed E-state index contributed by atoms with van der Waals surface area (Å²) >= 11 is 0. The maximum atomic E-state index is 13.9. The second-order valence-electron chi connectivity index (χ2n) is 8.13. The third-order valence-corrected chi connectivity index (χ3v) is 5.13. The van der Waals surface area contributed by atoms with Crippen molar-refractivity contribution in [1.29, 1.82) is 0 Å². The van der Waals surface area contributed by atoms with Crippen molar-refractivity contribution in [3.05, 3.63) is 41.6 Å². The number of hydrogen-bond donors (Lipinski definition) is 2. The van der Waals surface area contributed by atoms with Gasteiger partial charge in [-0.3, -0.25) is 14.5 Å². The topological polar surface area (TPSA) is 95.7 Å². The molecule has 1 aliphatic heterocycles. The summed E-state index contributed by atoms with van der Waals surface area (Å²) in [5, 5.41) is 15.9. The van der Waals surface area contributed by atoms with E-state index in [1.165, 1.54) is 12.1 Å². The maximum absolute atomic E-state index is 13.9. The molecule has 156 valence electrons. The molecule has 2 aromatic rings. The number of benzene rings is 1. The van der Waals surface area contributed by atoms with Crippen LogP contribution in [0, 0.1) is 17.6 Å². The molecule has 9 heteroatoms. The first-order chi connectivity index (χ1) is 13.6. The molecule has 2 heterocycles. The Hall–Kier alpha value is -2.81. The number of piperidine rings is 1. The number of amides is 1. The Labute approximate surface area is 166 Å². The van der Waals surface area contributed by atoms with Crippen LogP contribution in [0.5, 0.6) is 0 Å². The van der Waals surface area contributed by atoms with Crippen molar-refractivity contribution in [3.63, 3.8) is 0 Å². The van der Waals surface area contributed by atoms with E-state index in [4.69, 9.17) is 4.52 Å². The number of likely N-dealkylation sites (tertiary alicyclic amines) is 1. The number of carbonyl (C=O) groups excluding carboxylic acids is 1. The average Bonchev–Trinajstić information content (AvgIpc) is 3.10. The summed E-state index contributed by atoms with van der Waals surface area (Å²) in [7, 11) is 0. The summed E-state index contributed by atoms with van der Waals surface area (Å²) in [5.41, 5.74) is -0.311. The first kappa shape index (κ1) is 20.9. The van der Waals surface area contributed by atoms with Gasteiger partial charge in [-0.15, -0.1) is 0 Å². The number of nitrogens with one attached hydrogen (secondary N) is 1. The average molecular weight is 407 g/mol.